The molecule has 0 radical (unpaired) electrons. The van der Waals surface area contributed by atoms with Crippen LogP contribution >= 0.6 is 22.6 Å². The Morgan fingerprint density at radius 1 is 0.960 bits per heavy atom. The number of hydrogen-bond acceptors (Lipinski definition) is 0. The molecule has 0 fully saturated rings. The fourth-order valence-electron chi connectivity index (χ4n) is 4.93. The highest BCUT2D eigenvalue weighted by Crippen LogP contribution is 2.57. The minimum Gasteiger partial charge on any atom is -0.0879 e. The summed E-state index contributed by atoms with van der Waals surface area (Å²) in [5, 5.41) is 2.67. The first-order chi connectivity index (χ1) is 12.3. The summed E-state index contributed by atoms with van der Waals surface area (Å²) >= 11 is 2.58. The van der Waals surface area contributed by atoms with Gasteiger partial charge in [0.05, 0.1) is 0 Å². The van der Waals surface area contributed by atoms with E-state index in [-0.39, 0.29) is 0 Å². The van der Waals surface area contributed by atoms with Crippen LogP contribution in [0.5, 0.6) is 0 Å². The van der Waals surface area contributed by atoms with Crippen LogP contribution in [0.2, 0.25) is 0 Å². The molecule has 2 aromatic carbocycles. The highest BCUT2D eigenvalue weighted by Gasteiger charge is 2.38. The second-order valence-corrected chi connectivity index (χ2v) is 8.49. The van der Waals surface area contributed by atoms with E-state index in [0.717, 1.165) is 0 Å². The maximum atomic E-state index is 2.58. The Morgan fingerprint density at radius 3 is 2.60 bits per heavy atom. The van der Waals surface area contributed by atoms with Gasteiger partial charge in [-0.1, -0.05) is 48.6 Å². The van der Waals surface area contributed by atoms with Gasteiger partial charge in [0.15, 0.2) is 0 Å². The van der Waals surface area contributed by atoms with Gasteiger partial charge < -0.3 is 0 Å². The summed E-state index contributed by atoms with van der Waals surface area (Å²) in [6.07, 6.45) is 14.6. The molecule has 25 heavy (non-hydrogen) atoms. The van der Waals surface area contributed by atoms with Gasteiger partial charge in [-0.2, -0.15) is 0 Å². The van der Waals surface area contributed by atoms with E-state index in [9.17, 15) is 0 Å². The molecule has 6 rings (SSSR count). The molecule has 0 amide bonds. The molecule has 120 valence electrons. The third-order valence-corrected chi connectivity index (χ3v) is 7.23. The van der Waals surface area contributed by atoms with Crippen molar-refractivity contribution in [2.45, 2.75) is 12.8 Å². The highest BCUT2D eigenvalue weighted by molar-refractivity contribution is 14.1. The Bertz CT molecular complexity index is 1100. The Balaban J connectivity index is 1.59. The van der Waals surface area contributed by atoms with E-state index < -0.39 is 0 Å². The normalized spacial score (nSPS) is 25.9. The Hall–Kier alpha value is -1.87. The molecule has 0 saturated heterocycles. The van der Waals surface area contributed by atoms with E-state index in [0.29, 0.717) is 11.8 Å². The number of halogens is 1. The molecule has 0 N–H and O–H groups in total. The first-order valence-corrected chi connectivity index (χ1v) is 10.1. The topological polar surface area (TPSA) is 0 Å². The van der Waals surface area contributed by atoms with Gasteiger partial charge in [0, 0.05) is 15.1 Å². The van der Waals surface area contributed by atoms with E-state index in [1.54, 1.807) is 5.57 Å². The van der Waals surface area contributed by atoms with Crippen molar-refractivity contribution in [3.05, 3.63) is 94.6 Å². The number of allylic oxidation sites excluding steroid dienone is 9. The predicted molar refractivity (Wildman–Crippen MR) is 114 cm³/mol. The van der Waals surface area contributed by atoms with E-state index in [2.05, 4.69) is 89.4 Å². The molecule has 0 bridgehead atoms. The summed E-state index contributed by atoms with van der Waals surface area (Å²) in [5.41, 5.74) is 8.79. The molecule has 2 unspecified atom stereocenters. The van der Waals surface area contributed by atoms with Crippen molar-refractivity contribution in [3.63, 3.8) is 0 Å². The minimum atomic E-state index is 0.561. The molecule has 0 heterocycles. The van der Waals surface area contributed by atoms with Crippen molar-refractivity contribution in [1.82, 2.24) is 0 Å². The third kappa shape index (κ3) is 1.88. The van der Waals surface area contributed by atoms with Crippen LogP contribution in [0.1, 0.15) is 24.0 Å². The molecule has 2 atom stereocenters. The number of benzene rings is 2. The van der Waals surface area contributed by atoms with Gasteiger partial charge in [0.2, 0.25) is 0 Å². The second-order valence-electron chi connectivity index (χ2n) is 7.42. The maximum absolute atomic E-state index is 2.58. The van der Waals surface area contributed by atoms with Crippen molar-refractivity contribution >= 4 is 42.5 Å². The Morgan fingerprint density at radius 2 is 1.76 bits per heavy atom. The van der Waals surface area contributed by atoms with Crippen LogP contribution in [0, 0.1) is 11.8 Å². The van der Waals surface area contributed by atoms with Gasteiger partial charge in [0.25, 0.3) is 0 Å². The first-order valence-electron chi connectivity index (χ1n) is 9.06. The Kier molecular flexibility index (Phi) is 2.91. The van der Waals surface area contributed by atoms with Gasteiger partial charge in [-0.05, 0) is 98.2 Å². The molecule has 0 aliphatic heterocycles. The van der Waals surface area contributed by atoms with E-state index in [1.807, 2.05) is 0 Å². The van der Waals surface area contributed by atoms with Gasteiger partial charge in [-0.3, -0.25) is 0 Å². The monoisotopic (exact) mass is 432 g/mol. The standard InChI is InChI=1S/C24H17I/c25-24-21-12-16-7-2-1-6-15(16)11-19(21)20-13-17-10-9-14-5-3-4-8-18(14)22(17)23(20)24/h1-2,4,6-14,18H,3,5H2. The summed E-state index contributed by atoms with van der Waals surface area (Å²) in [6, 6.07) is 13.5. The molecule has 1 heteroatoms. The zero-order valence-corrected chi connectivity index (χ0v) is 16.0. The van der Waals surface area contributed by atoms with Crippen LogP contribution < -0.4 is 0 Å². The highest BCUT2D eigenvalue weighted by atomic mass is 127. The molecule has 0 nitrogen and oxygen atoms in total. The SMILES string of the molecule is IC1=C2C(=CC3=C2C2C=CCCC2C=C3)c2cc3ccccc3cc21. The zero-order chi connectivity index (χ0) is 16.5. The van der Waals surface area contributed by atoms with Gasteiger partial charge in [-0.25, -0.2) is 0 Å². The van der Waals surface area contributed by atoms with Crippen LogP contribution in [0.25, 0.3) is 19.9 Å². The van der Waals surface area contributed by atoms with Crippen molar-refractivity contribution in [2.75, 3.05) is 0 Å². The van der Waals surface area contributed by atoms with Crippen LogP contribution in [0.4, 0.5) is 0 Å². The van der Waals surface area contributed by atoms with Crippen LogP contribution in [-0.4, -0.2) is 0 Å². The lowest BCUT2D eigenvalue weighted by molar-refractivity contribution is 0.476. The molecule has 0 aromatic heterocycles. The lowest BCUT2D eigenvalue weighted by Gasteiger charge is -2.31. The number of hydrogen-bond donors (Lipinski definition) is 0. The number of rotatable bonds is 0. The maximum Gasteiger partial charge on any atom is 0.0291 e. The smallest absolute Gasteiger partial charge is 0.0291 e. The third-order valence-electron chi connectivity index (χ3n) is 6.11. The van der Waals surface area contributed by atoms with E-state index >= 15 is 0 Å². The Labute approximate surface area is 161 Å². The quantitative estimate of drug-likeness (QED) is 0.316. The van der Waals surface area contributed by atoms with Crippen molar-refractivity contribution in [1.29, 1.82) is 0 Å². The average Bonchev–Trinajstić information content (AvgIpc) is 3.16. The van der Waals surface area contributed by atoms with Crippen molar-refractivity contribution < 1.29 is 0 Å². The average molecular weight is 432 g/mol. The molecule has 0 spiro atoms. The lowest BCUT2D eigenvalue weighted by atomic mass is 9.73. The molecule has 0 saturated carbocycles. The minimum absolute atomic E-state index is 0.561. The second kappa shape index (κ2) is 5.07. The molecular formula is C24H17I. The summed E-state index contributed by atoms with van der Waals surface area (Å²) < 4.78 is 1.43. The first kappa shape index (κ1) is 14.3. The van der Waals surface area contributed by atoms with Gasteiger partial charge in [-0.15, -0.1) is 0 Å². The lowest BCUT2D eigenvalue weighted by Crippen LogP contribution is -2.19. The summed E-state index contributed by atoms with van der Waals surface area (Å²) in [7, 11) is 0. The molecule has 4 aliphatic rings. The fourth-order valence-corrected chi connectivity index (χ4v) is 5.95. The van der Waals surface area contributed by atoms with Crippen LogP contribution in [0.15, 0.2) is 83.5 Å². The van der Waals surface area contributed by atoms with Crippen LogP contribution in [-0.2, 0) is 0 Å². The fraction of sp³-hybridized carbons (Fsp3) is 0.167. The summed E-state index contributed by atoms with van der Waals surface area (Å²) in [4.78, 5) is 0. The van der Waals surface area contributed by atoms with Crippen LogP contribution in [0.3, 0.4) is 0 Å². The van der Waals surface area contributed by atoms with Gasteiger partial charge in [0.1, 0.15) is 0 Å². The number of fused-ring (bicyclic) bond motifs is 7. The summed E-state index contributed by atoms with van der Waals surface area (Å²) in [5.74, 6) is 1.24. The van der Waals surface area contributed by atoms with E-state index in [4.69, 9.17) is 0 Å². The zero-order valence-electron chi connectivity index (χ0n) is 13.8. The molecule has 2 aromatic rings. The molecular weight excluding hydrogens is 415 g/mol. The van der Waals surface area contributed by atoms with Gasteiger partial charge >= 0.3 is 0 Å². The van der Waals surface area contributed by atoms with Crippen molar-refractivity contribution in [3.8, 4) is 0 Å². The summed E-state index contributed by atoms with van der Waals surface area (Å²) in [6.45, 7) is 0. The van der Waals surface area contributed by atoms with Crippen molar-refractivity contribution in [2.24, 2.45) is 11.8 Å². The largest absolute Gasteiger partial charge is 0.0879 e. The predicted octanol–water partition coefficient (Wildman–Crippen LogP) is 6.85. The van der Waals surface area contributed by atoms with E-state index in [1.165, 1.54) is 55.0 Å². The molecule has 4 aliphatic carbocycles.